The summed E-state index contributed by atoms with van der Waals surface area (Å²) < 4.78 is 14.0. The number of halogens is 1. The average molecular weight is 391 g/mol. The Morgan fingerprint density at radius 2 is 1.66 bits per heavy atom. The molecule has 4 rings (SSSR count). The molecule has 0 amide bonds. The first-order chi connectivity index (χ1) is 14.1. The Hall–Kier alpha value is -3.48. The highest BCUT2D eigenvalue weighted by molar-refractivity contribution is 5.94. The van der Waals surface area contributed by atoms with E-state index in [0.717, 1.165) is 5.69 Å². The van der Waals surface area contributed by atoms with Gasteiger partial charge in [0.05, 0.1) is 5.69 Å². The van der Waals surface area contributed by atoms with Gasteiger partial charge in [-0.25, -0.2) is 9.37 Å². The second-order valence-corrected chi connectivity index (χ2v) is 6.93. The van der Waals surface area contributed by atoms with Gasteiger partial charge in [-0.1, -0.05) is 12.1 Å². The number of Topliss-reactive ketones (excluding diaryl/α,β-unsaturated/α-hetero) is 1. The lowest BCUT2D eigenvalue weighted by atomic mass is 10.1. The summed E-state index contributed by atoms with van der Waals surface area (Å²) >= 11 is 0. The minimum atomic E-state index is -0.195. The maximum Gasteiger partial charge on any atom is 0.227 e. The predicted octanol–water partition coefficient (Wildman–Crippen LogP) is 3.89. The lowest BCUT2D eigenvalue weighted by Gasteiger charge is -2.36. The summed E-state index contributed by atoms with van der Waals surface area (Å²) in [7, 11) is 0. The highest BCUT2D eigenvalue weighted by atomic mass is 19.1. The van der Waals surface area contributed by atoms with E-state index in [9.17, 15) is 9.18 Å². The summed E-state index contributed by atoms with van der Waals surface area (Å²) in [5.41, 5.74) is 2.16. The number of hydrogen-bond acceptors (Lipinski definition) is 6. The van der Waals surface area contributed by atoms with Crippen LogP contribution < -0.4 is 15.1 Å². The number of benzene rings is 2. The summed E-state index contributed by atoms with van der Waals surface area (Å²) in [6.07, 6.45) is 1.72. The van der Waals surface area contributed by atoms with Crippen LogP contribution in [0.3, 0.4) is 0 Å². The van der Waals surface area contributed by atoms with E-state index >= 15 is 0 Å². The van der Waals surface area contributed by atoms with E-state index in [-0.39, 0.29) is 11.6 Å². The molecular formula is C22H22FN5O. The highest BCUT2D eigenvalue weighted by Crippen LogP contribution is 2.22. The number of anilines is 4. The van der Waals surface area contributed by atoms with Crippen LogP contribution in [0.4, 0.5) is 27.5 Å². The second-order valence-electron chi connectivity index (χ2n) is 6.93. The maximum atomic E-state index is 14.0. The van der Waals surface area contributed by atoms with Crippen LogP contribution in [0.2, 0.25) is 0 Å². The lowest BCUT2D eigenvalue weighted by molar-refractivity contribution is 0.101. The SMILES string of the molecule is CC(=O)c1ccc(Nc2ccnc(N3CCN(c4ccccc4F)CC3)n2)cc1. The number of aromatic nitrogens is 2. The van der Waals surface area contributed by atoms with E-state index in [0.29, 0.717) is 49.2 Å². The number of nitrogens with zero attached hydrogens (tertiary/aromatic N) is 4. The smallest absolute Gasteiger partial charge is 0.227 e. The minimum Gasteiger partial charge on any atom is -0.366 e. The summed E-state index contributed by atoms with van der Waals surface area (Å²) in [5.74, 6) is 1.17. The molecule has 2 heterocycles. The van der Waals surface area contributed by atoms with Crippen molar-refractivity contribution < 1.29 is 9.18 Å². The number of hydrogen-bond donors (Lipinski definition) is 1. The van der Waals surface area contributed by atoms with Crippen molar-refractivity contribution in [1.82, 2.24) is 9.97 Å². The van der Waals surface area contributed by atoms with Crippen LogP contribution in [0.25, 0.3) is 0 Å². The third-order valence-electron chi connectivity index (χ3n) is 4.96. The van der Waals surface area contributed by atoms with Gasteiger partial charge in [-0.15, -0.1) is 0 Å². The third-order valence-corrected chi connectivity index (χ3v) is 4.96. The molecule has 0 radical (unpaired) electrons. The Labute approximate surface area is 169 Å². The number of para-hydroxylation sites is 1. The van der Waals surface area contributed by atoms with E-state index in [1.54, 1.807) is 37.4 Å². The van der Waals surface area contributed by atoms with Crippen LogP contribution in [0, 0.1) is 5.82 Å². The fourth-order valence-corrected chi connectivity index (χ4v) is 3.36. The first-order valence-electron chi connectivity index (χ1n) is 9.55. The van der Waals surface area contributed by atoms with Gasteiger partial charge in [0.1, 0.15) is 11.6 Å². The zero-order valence-electron chi connectivity index (χ0n) is 16.2. The summed E-state index contributed by atoms with van der Waals surface area (Å²) in [5, 5.41) is 3.24. The Bertz CT molecular complexity index is 1000. The van der Waals surface area contributed by atoms with Crippen LogP contribution >= 0.6 is 0 Å². The second kappa shape index (κ2) is 8.26. The van der Waals surface area contributed by atoms with Crippen LogP contribution in [0.1, 0.15) is 17.3 Å². The number of rotatable bonds is 5. The molecule has 0 bridgehead atoms. The number of ketones is 1. The van der Waals surface area contributed by atoms with Gasteiger partial charge < -0.3 is 15.1 Å². The number of carbonyl (C=O) groups is 1. The molecule has 2 aromatic carbocycles. The van der Waals surface area contributed by atoms with Gasteiger partial charge in [-0.05, 0) is 49.4 Å². The molecule has 7 heteroatoms. The van der Waals surface area contributed by atoms with Crippen molar-refractivity contribution >= 4 is 28.9 Å². The monoisotopic (exact) mass is 391 g/mol. The van der Waals surface area contributed by atoms with Crippen molar-refractivity contribution in [3.8, 4) is 0 Å². The van der Waals surface area contributed by atoms with Gasteiger partial charge in [-0.2, -0.15) is 4.98 Å². The molecule has 1 aliphatic rings. The van der Waals surface area contributed by atoms with Gasteiger partial charge in [0.2, 0.25) is 5.95 Å². The summed E-state index contributed by atoms with van der Waals surface area (Å²) in [6.45, 7) is 4.38. The quantitative estimate of drug-likeness (QED) is 0.666. The van der Waals surface area contributed by atoms with Crippen molar-refractivity contribution in [2.75, 3.05) is 41.3 Å². The zero-order chi connectivity index (χ0) is 20.2. The highest BCUT2D eigenvalue weighted by Gasteiger charge is 2.21. The third kappa shape index (κ3) is 4.34. The van der Waals surface area contributed by atoms with Gasteiger partial charge in [0.15, 0.2) is 5.78 Å². The van der Waals surface area contributed by atoms with E-state index in [1.165, 1.54) is 6.07 Å². The van der Waals surface area contributed by atoms with Crippen LogP contribution in [-0.4, -0.2) is 41.9 Å². The first-order valence-corrected chi connectivity index (χ1v) is 9.55. The van der Waals surface area contributed by atoms with Crippen molar-refractivity contribution in [1.29, 1.82) is 0 Å². The Morgan fingerprint density at radius 3 is 2.34 bits per heavy atom. The van der Waals surface area contributed by atoms with Crippen molar-refractivity contribution in [2.24, 2.45) is 0 Å². The molecule has 1 fully saturated rings. The van der Waals surface area contributed by atoms with Gasteiger partial charge in [-0.3, -0.25) is 4.79 Å². The van der Waals surface area contributed by atoms with E-state index in [2.05, 4.69) is 20.2 Å². The fourth-order valence-electron chi connectivity index (χ4n) is 3.36. The van der Waals surface area contributed by atoms with Crippen LogP contribution in [-0.2, 0) is 0 Å². The molecule has 0 saturated carbocycles. The molecule has 1 aromatic heterocycles. The molecule has 1 N–H and O–H groups in total. The molecule has 0 spiro atoms. The van der Waals surface area contributed by atoms with E-state index < -0.39 is 0 Å². The van der Waals surface area contributed by atoms with E-state index in [1.807, 2.05) is 29.2 Å². The molecule has 0 aliphatic carbocycles. The average Bonchev–Trinajstić information content (AvgIpc) is 2.75. The van der Waals surface area contributed by atoms with Crippen molar-refractivity contribution in [3.63, 3.8) is 0 Å². The molecular weight excluding hydrogens is 369 g/mol. The van der Waals surface area contributed by atoms with Gasteiger partial charge >= 0.3 is 0 Å². The maximum absolute atomic E-state index is 14.0. The normalized spacial score (nSPS) is 14.0. The number of piperazine rings is 1. The fraction of sp³-hybridized carbons (Fsp3) is 0.227. The van der Waals surface area contributed by atoms with E-state index in [4.69, 9.17) is 0 Å². The van der Waals surface area contributed by atoms with Crippen molar-refractivity contribution in [3.05, 3.63) is 72.2 Å². The van der Waals surface area contributed by atoms with Crippen molar-refractivity contribution in [2.45, 2.75) is 6.92 Å². The molecule has 6 nitrogen and oxygen atoms in total. The molecule has 1 aliphatic heterocycles. The Balaban J connectivity index is 1.41. The molecule has 3 aromatic rings. The lowest BCUT2D eigenvalue weighted by Crippen LogP contribution is -2.47. The largest absolute Gasteiger partial charge is 0.366 e. The first kappa shape index (κ1) is 18.9. The molecule has 0 atom stereocenters. The topological polar surface area (TPSA) is 61.4 Å². The Kier molecular flexibility index (Phi) is 5.37. The summed E-state index contributed by atoms with van der Waals surface area (Å²) in [6, 6.07) is 15.9. The molecule has 0 unspecified atom stereocenters. The minimum absolute atomic E-state index is 0.0374. The van der Waals surface area contributed by atoms with Crippen LogP contribution in [0.5, 0.6) is 0 Å². The molecule has 1 saturated heterocycles. The van der Waals surface area contributed by atoms with Gasteiger partial charge in [0.25, 0.3) is 0 Å². The zero-order valence-corrected chi connectivity index (χ0v) is 16.2. The standard InChI is InChI=1S/C22H22FN5O/c1-16(29)17-6-8-18(9-7-17)25-21-10-11-24-22(26-21)28-14-12-27(13-15-28)20-5-3-2-4-19(20)23/h2-11H,12-15H2,1H3,(H,24,25,26). The number of carbonyl (C=O) groups excluding carboxylic acids is 1. The molecule has 29 heavy (non-hydrogen) atoms. The number of nitrogens with one attached hydrogen (secondary N) is 1. The molecule has 148 valence electrons. The van der Waals surface area contributed by atoms with Crippen LogP contribution in [0.15, 0.2) is 60.8 Å². The predicted molar refractivity (Wildman–Crippen MR) is 113 cm³/mol. The van der Waals surface area contributed by atoms with Gasteiger partial charge in [0, 0.05) is 43.6 Å². The Morgan fingerprint density at radius 1 is 0.966 bits per heavy atom. The summed E-state index contributed by atoms with van der Waals surface area (Å²) in [4.78, 5) is 24.5.